The molecule has 4 rings (SSSR count). The number of rotatable bonds is 10. The van der Waals surface area contributed by atoms with Crippen molar-refractivity contribution in [3.63, 3.8) is 0 Å². The van der Waals surface area contributed by atoms with E-state index in [-0.39, 0.29) is 54.3 Å². The number of hydrogen-bond donors (Lipinski definition) is 4. The Kier molecular flexibility index (Phi) is 9.36. The predicted octanol–water partition coefficient (Wildman–Crippen LogP) is 3.68. The van der Waals surface area contributed by atoms with E-state index in [0.717, 1.165) is 5.57 Å². The van der Waals surface area contributed by atoms with E-state index in [1.807, 2.05) is 19.9 Å². The van der Waals surface area contributed by atoms with E-state index in [4.69, 9.17) is 23.4 Å². The first-order valence-electron chi connectivity index (χ1n) is 13.2. The first kappa shape index (κ1) is 29.4. The lowest BCUT2D eigenvalue weighted by Crippen LogP contribution is -2.40. The van der Waals surface area contributed by atoms with Gasteiger partial charge in [0, 0.05) is 30.0 Å². The van der Waals surface area contributed by atoms with Crippen LogP contribution in [0.2, 0.25) is 0 Å². The number of phenols is 1. The van der Waals surface area contributed by atoms with Gasteiger partial charge in [0.25, 0.3) is 0 Å². The summed E-state index contributed by atoms with van der Waals surface area (Å²) in [6.45, 7) is 4.94. The molecule has 1 aromatic heterocycles. The van der Waals surface area contributed by atoms with Crippen molar-refractivity contribution in [1.82, 2.24) is 0 Å². The lowest BCUT2D eigenvalue weighted by atomic mass is 10.0. The van der Waals surface area contributed by atoms with Crippen molar-refractivity contribution in [3.05, 3.63) is 57.8 Å². The molecule has 10 heteroatoms. The summed E-state index contributed by atoms with van der Waals surface area (Å²) in [6, 6.07) is 8.16. The third-order valence-electron chi connectivity index (χ3n) is 6.51. The average Bonchev–Trinajstić information content (AvgIpc) is 2.91. The molecular formula is C30H36O10. The van der Waals surface area contributed by atoms with Crippen LogP contribution in [-0.2, 0) is 11.2 Å². The van der Waals surface area contributed by atoms with Gasteiger partial charge in [-0.25, -0.2) is 0 Å². The van der Waals surface area contributed by atoms with Crippen molar-refractivity contribution < 1.29 is 43.8 Å². The number of ether oxygens (including phenoxy) is 4. The fourth-order valence-corrected chi connectivity index (χ4v) is 4.51. The van der Waals surface area contributed by atoms with Crippen LogP contribution in [0.15, 0.2) is 51.2 Å². The zero-order valence-corrected chi connectivity index (χ0v) is 23.0. The SMILES string of the molecule is COc1ccc(-c2oc3c(CC=C(C)C)c(OC4CC(O)CC(CO)O4)cc(O)c3c(=O)c2OCC(C)O)cc1. The molecule has 0 saturated carbocycles. The number of fused-ring (bicyclic) bond motifs is 1. The molecule has 1 aliphatic heterocycles. The van der Waals surface area contributed by atoms with Gasteiger partial charge in [-0.3, -0.25) is 4.79 Å². The topological polar surface area (TPSA) is 148 Å². The molecule has 40 heavy (non-hydrogen) atoms. The smallest absolute Gasteiger partial charge is 0.239 e. The molecule has 0 bridgehead atoms. The fraction of sp³-hybridized carbons (Fsp3) is 0.433. The van der Waals surface area contributed by atoms with Gasteiger partial charge in [-0.15, -0.1) is 0 Å². The first-order chi connectivity index (χ1) is 19.1. The minimum Gasteiger partial charge on any atom is -0.507 e. The monoisotopic (exact) mass is 556 g/mol. The largest absolute Gasteiger partial charge is 0.507 e. The van der Waals surface area contributed by atoms with Gasteiger partial charge < -0.3 is 43.8 Å². The number of aliphatic hydroxyl groups is 3. The Morgan fingerprint density at radius 2 is 1.93 bits per heavy atom. The van der Waals surface area contributed by atoms with E-state index in [1.165, 1.54) is 13.0 Å². The standard InChI is InChI=1S/C30H36O10/c1-16(2)5-10-22-24(39-25-12-19(33)11-21(14-31)38-25)13-23(34)26-27(35)30(37-15-17(3)32)28(40-29(22)26)18-6-8-20(36-4)9-7-18/h5-9,13,17,19,21,25,31-34H,10-12,14-15H2,1-4H3. The van der Waals surface area contributed by atoms with Crippen LogP contribution in [0.3, 0.4) is 0 Å². The maximum absolute atomic E-state index is 13.8. The van der Waals surface area contributed by atoms with Crippen LogP contribution in [0.4, 0.5) is 0 Å². The highest BCUT2D eigenvalue weighted by molar-refractivity contribution is 5.91. The van der Waals surface area contributed by atoms with Gasteiger partial charge in [-0.1, -0.05) is 11.6 Å². The first-order valence-corrected chi connectivity index (χ1v) is 13.2. The molecule has 1 saturated heterocycles. The molecule has 1 aliphatic rings. The Hall–Kier alpha value is -3.57. The summed E-state index contributed by atoms with van der Waals surface area (Å²) in [4.78, 5) is 13.8. The van der Waals surface area contributed by atoms with Crippen LogP contribution in [0.5, 0.6) is 23.0 Å². The molecule has 4 N–H and O–H groups in total. The van der Waals surface area contributed by atoms with Crippen LogP contribution < -0.4 is 19.6 Å². The quantitative estimate of drug-likeness (QED) is 0.273. The van der Waals surface area contributed by atoms with E-state index < -0.39 is 35.8 Å². The number of benzene rings is 2. The Bertz CT molecular complexity index is 1400. The summed E-state index contributed by atoms with van der Waals surface area (Å²) < 4.78 is 29.2. The van der Waals surface area contributed by atoms with E-state index in [1.54, 1.807) is 31.4 Å². The van der Waals surface area contributed by atoms with Gasteiger partial charge in [-0.05, 0) is 51.5 Å². The van der Waals surface area contributed by atoms with Crippen LogP contribution in [0.25, 0.3) is 22.3 Å². The highest BCUT2D eigenvalue weighted by Gasteiger charge is 2.31. The Balaban J connectivity index is 1.94. The Morgan fingerprint density at radius 3 is 2.55 bits per heavy atom. The van der Waals surface area contributed by atoms with Crippen molar-refractivity contribution in [2.24, 2.45) is 0 Å². The molecule has 0 spiro atoms. The normalized spacial score (nSPS) is 19.7. The van der Waals surface area contributed by atoms with Crippen LogP contribution >= 0.6 is 0 Å². The summed E-state index contributed by atoms with van der Waals surface area (Å²) in [7, 11) is 1.54. The predicted molar refractivity (Wildman–Crippen MR) is 148 cm³/mol. The van der Waals surface area contributed by atoms with Crippen LogP contribution in [0.1, 0.15) is 39.2 Å². The molecule has 3 aromatic rings. The highest BCUT2D eigenvalue weighted by Crippen LogP contribution is 2.41. The minimum atomic E-state index is -0.898. The summed E-state index contributed by atoms with van der Waals surface area (Å²) >= 11 is 0. The zero-order valence-electron chi connectivity index (χ0n) is 23.0. The van der Waals surface area contributed by atoms with Gasteiger partial charge in [0.05, 0.1) is 32.0 Å². The molecule has 4 atom stereocenters. The Morgan fingerprint density at radius 1 is 1.20 bits per heavy atom. The molecule has 2 aromatic carbocycles. The fourth-order valence-electron chi connectivity index (χ4n) is 4.51. The maximum atomic E-state index is 13.8. The number of aromatic hydroxyl groups is 1. The molecule has 0 aliphatic carbocycles. The third kappa shape index (κ3) is 6.59. The average molecular weight is 557 g/mol. The van der Waals surface area contributed by atoms with Gasteiger partial charge in [0.1, 0.15) is 34.8 Å². The molecule has 0 radical (unpaired) electrons. The lowest BCUT2D eigenvalue weighted by Gasteiger charge is -2.32. The summed E-state index contributed by atoms with van der Waals surface area (Å²) in [5.74, 6) is 0.380. The molecule has 10 nitrogen and oxygen atoms in total. The molecule has 2 heterocycles. The number of aliphatic hydroxyl groups excluding tert-OH is 3. The van der Waals surface area contributed by atoms with Gasteiger partial charge in [0.2, 0.25) is 17.5 Å². The minimum absolute atomic E-state index is 0.0970. The Labute approximate surface area is 232 Å². The lowest BCUT2D eigenvalue weighted by molar-refractivity contribution is -0.184. The number of methoxy groups -OCH3 is 1. The van der Waals surface area contributed by atoms with Crippen LogP contribution in [0, 0.1) is 0 Å². The maximum Gasteiger partial charge on any atom is 0.239 e. The van der Waals surface area contributed by atoms with Crippen molar-refractivity contribution in [2.45, 2.75) is 64.6 Å². The van der Waals surface area contributed by atoms with E-state index in [9.17, 15) is 25.2 Å². The van der Waals surface area contributed by atoms with Crippen molar-refractivity contribution in [2.75, 3.05) is 20.3 Å². The van der Waals surface area contributed by atoms with Crippen molar-refractivity contribution >= 4 is 11.0 Å². The second kappa shape index (κ2) is 12.7. The van der Waals surface area contributed by atoms with Gasteiger partial charge in [0.15, 0.2) is 5.76 Å². The van der Waals surface area contributed by atoms with Crippen LogP contribution in [-0.4, -0.2) is 65.4 Å². The van der Waals surface area contributed by atoms with Crippen molar-refractivity contribution in [3.8, 4) is 34.3 Å². The third-order valence-corrected chi connectivity index (χ3v) is 6.51. The number of allylic oxidation sites excluding steroid dienone is 2. The number of hydrogen-bond acceptors (Lipinski definition) is 10. The van der Waals surface area contributed by atoms with Gasteiger partial charge >= 0.3 is 0 Å². The second-order valence-corrected chi connectivity index (χ2v) is 10.2. The van der Waals surface area contributed by atoms with E-state index >= 15 is 0 Å². The van der Waals surface area contributed by atoms with Crippen molar-refractivity contribution in [1.29, 1.82) is 0 Å². The molecule has 1 fully saturated rings. The summed E-state index contributed by atoms with van der Waals surface area (Å²) in [6.07, 6.45) is -0.432. The van der Waals surface area contributed by atoms with Gasteiger partial charge in [-0.2, -0.15) is 0 Å². The molecule has 0 amide bonds. The second-order valence-electron chi connectivity index (χ2n) is 10.2. The molecule has 4 unspecified atom stereocenters. The zero-order chi connectivity index (χ0) is 29.0. The molecule has 216 valence electrons. The van der Waals surface area contributed by atoms with E-state index in [0.29, 0.717) is 23.3 Å². The summed E-state index contributed by atoms with van der Waals surface area (Å²) in [5.41, 5.74) is 1.49. The van der Waals surface area contributed by atoms with E-state index in [2.05, 4.69) is 0 Å². The number of phenolic OH excluding ortho intramolecular Hbond substituents is 1. The highest BCUT2D eigenvalue weighted by atomic mass is 16.7. The molecular weight excluding hydrogens is 520 g/mol. The summed E-state index contributed by atoms with van der Waals surface area (Å²) in [5, 5.41) is 40.6.